The van der Waals surface area contributed by atoms with Crippen molar-refractivity contribution in [2.75, 3.05) is 19.6 Å². The standard InChI is InChI=1S/C15H19F3N2O2/c16-15(17,18)20-8-4-7-13(10-20)9-19-14(21)22-11-12-5-2-1-3-6-12/h1-3,5-6,13H,4,7-11H2,(H,19,21)/t13-/m0/s1. The summed E-state index contributed by atoms with van der Waals surface area (Å²) in [6, 6.07) is 9.19. The maximum atomic E-state index is 12.6. The van der Waals surface area contributed by atoms with Crippen LogP contribution in [0.3, 0.4) is 0 Å². The zero-order valence-electron chi connectivity index (χ0n) is 12.1. The number of likely N-dealkylation sites (tertiary alicyclic amines) is 1. The van der Waals surface area contributed by atoms with Crippen molar-refractivity contribution in [2.24, 2.45) is 5.92 Å². The normalized spacial score (nSPS) is 19.7. The number of rotatable bonds is 4. The molecule has 1 fully saturated rings. The lowest BCUT2D eigenvalue weighted by Crippen LogP contribution is -2.47. The number of benzene rings is 1. The van der Waals surface area contributed by atoms with Crippen LogP contribution in [0.15, 0.2) is 30.3 Å². The maximum absolute atomic E-state index is 12.6. The first-order chi connectivity index (χ1) is 10.4. The zero-order valence-corrected chi connectivity index (χ0v) is 12.1. The molecule has 1 aromatic rings. The number of alkyl carbamates (subject to hydrolysis) is 1. The second kappa shape index (κ2) is 7.49. The van der Waals surface area contributed by atoms with Crippen LogP contribution in [0.5, 0.6) is 0 Å². The van der Waals surface area contributed by atoms with E-state index in [4.69, 9.17) is 4.74 Å². The van der Waals surface area contributed by atoms with Crippen molar-refractivity contribution in [1.82, 2.24) is 10.2 Å². The summed E-state index contributed by atoms with van der Waals surface area (Å²) in [5.74, 6) is -0.209. The predicted molar refractivity (Wildman–Crippen MR) is 75.0 cm³/mol. The van der Waals surface area contributed by atoms with Gasteiger partial charge >= 0.3 is 12.4 Å². The van der Waals surface area contributed by atoms with Crippen molar-refractivity contribution in [3.05, 3.63) is 35.9 Å². The molecule has 0 aliphatic carbocycles. The molecule has 0 bridgehead atoms. The third-order valence-corrected chi connectivity index (χ3v) is 3.63. The third-order valence-electron chi connectivity index (χ3n) is 3.63. The minimum atomic E-state index is -4.30. The summed E-state index contributed by atoms with van der Waals surface area (Å²) in [6.45, 7) is 0.285. The fourth-order valence-corrected chi connectivity index (χ4v) is 2.46. The molecule has 1 amide bonds. The molecule has 1 aliphatic heterocycles. The molecule has 1 saturated heterocycles. The Hall–Kier alpha value is -1.76. The van der Waals surface area contributed by atoms with E-state index in [1.165, 1.54) is 0 Å². The highest BCUT2D eigenvalue weighted by atomic mass is 19.4. The van der Waals surface area contributed by atoms with Crippen LogP contribution in [-0.2, 0) is 11.3 Å². The minimum Gasteiger partial charge on any atom is -0.445 e. The van der Waals surface area contributed by atoms with Crippen molar-refractivity contribution < 1.29 is 22.7 Å². The quantitative estimate of drug-likeness (QED) is 0.868. The summed E-state index contributed by atoms with van der Waals surface area (Å²) in [7, 11) is 0. The Morgan fingerprint density at radius 3 is 2.73 bits per heavy atom. The highest BCUT2D eigenvalue weighted by molar-refractivity contribution is 5.67. The number of amides is 1. The molecule has 0 radical (unpaired) electrons. The molecule has 1 heterocycles. The molecule has 1 aromatic carbocycles. The number of piperidine rings is 1. The van der Waals surface area contributed by atoms with E-state index >= 15 is 0 Å². The number of nitrogens with one attached hydrogen (secondary N) is 1. The lowest BCUT2D eigenvalue weighted by Gasteiger charge is -2.33. The van der Waals surface area contributed by atoms with Crippen LogP contribution < -0.4 is 5.32 Å². The summed E-state index contributed by atoms with van der Waals surface area (Å²) in [4.78, 5) is 12.1. The number of hydrogen-bond acceptors (Lipinski definition) is 3. The average molecular weight is 316 g/mol. The van der Waals surface area contributed by atoms with Gasteiger partial charge in [-0.1, -0.05) is 30.3 Å². The van der Waals surface area contributed by atoms with Crippen LogP contribution in [0.25, 0.3) is 0 Å². The number of carbonyl (C=O) groups is 1. The predicted octanol–water partition coefficient (Wildman–Crippen LogP) is 3.14. The minimum absolute atomic E-state index is 0.0262. The van der Waals surface area contributed by atoms with Gasteiger partial charge in [-0.2, -0.15) is 13.2 Å². The number of nitrogens with zero attached hydrogens (tertiary/aromatic N) is 1. The summed E-state index contributed by atoms with van der Waals surface area (Å²) in [5, 5.41) is 2.54. The van der Waals surface area contributed by atoms with Crippen LogP contribution in [0.4, 0.5) is 18.0 Å². The fourth-order valence-electron chi connectivity index (χ4n) is 2.46. The Morgan fingerprint density at radius 2 is 2.05 bits per heavy atom. The van der Waals surface area contributed by atoms with E-state index in [9.17, 15) is 18.0 Å². The molecule has 0 unspecified atom stereocenters. The van der Waals surface area contributed by atoms with Crippen LogP contribution >= 0.6 is 0 Å². The van der Waals surface area contributed by atoms with Gasteiger partial charge in [-0.3, -0.25) is 0 Å². The van der Waals surface area contributed by atoms with Gasteiger partial charge in [0.15, 0.2) is 0 Å². The van der Waals surface area contributed by atoms with Gasteiger partial charge in [-0.15, -0.1) is 0 Å². The van der Waals surface area contributed by atoms with Crippen LogP contribution in [-0.4, -0.2) is 36.9 Å². The molecule has 22 heavy (non-hydrogen) atoms. The zero-order chi connectivity index (χ0) is 16.0. The molecule has 4 nitrogen and oxygen atoms in total. The molecule has 1 atom stereocenters. The number of ether oxygens (including phenoxy) is 1. The molecule has 7 heteroatoms. The maximum Gasteiger partial charge on any atom is 0.459 e. The molecule has 0 saturated carbocycles. The Morgan fingerprint density at radius 1 is 1.32 bits per heavy atom. The topological polar surface area (TPSA) is 41.6 Å². The first-order valence-corrected chi connectivity index (χ1v) is 7.21. The SMILES string of the molecule is O=C(NC[C@@H]1CCCN(C(F)(F)F)C1)OCc1ccccc1. The Labute approximate surface area is 127 Å². The van der Waals surface area contributed by atoms with Crippen LogP contribution in [0.2, 0.25) is 0 Å². The van der Waals surface area contributed by atoms with Crippen molar-refractivity contribution in [3.63, 3.8) is 0 Å². The van der Waals surface area contributed by atoms with Crippen molar-refractivity contribution in [3.8, 4) is 0 Å². The fraction of sp³-hybridized carbons (Fsp3) is 0.533. The van der Waals surface area contributed by atoms with Gasteiger partial charge in [-0.05, 0) is 24.3 Å². The van der Waals surface area contributed by atoms with E-state index in [1.54, 1.807) is 0 Å². The molecule has 0 spiro atoms. The Bertz CT molecular complexity index is 479. The highest BCUT2D eigenvalue weighted by Gasteiger charge is 2.39. The smallest absolute Gasteiger partial charge is 0.445 e. The second-order valence-electron chi connectivity index (χ2n) is 5.36. The summed E-state index contributed by atoms with van der Waals surface area (Å²) >= 11 is 0. The van der Waals surface area contributed by atoms with Crippen molar-refractivity contribution >= 4 is 6.09 Å². The second-order valence-corrected chi connectivity index (χ2v) is 5.36. The first kappa shape index (κ1) is 16.6. The summed E-state index contributed by atoms with van der Waals surface area (Å²) in [5.41, 5.74) is 0.860. The number of alkyl halides is 3. The number of hydrogen-bond donors (Lipinski definition) is 1. The molecule has 1 aliphatic rings. The van der Waals surface area contributed by atoms with Crippen molar-refractivity contribution in [1.29, 1.82) is 0 Å². The van der Waals surface area contributed by atoms with Gasteiger partial charge < -0.3 is 10.1 Å². The van der Waals surface area contributed by atoms with Crippen molar-refractivity contribution in [2.45, 2.75) is 25.7 Å². The van der Waals surface area contributed by atoms with Gasteiger partial charge in [0, 0.05) is 19.6 Å². The van der Waals surface area contributed by atoms with E-state index in [-0.39, 0.29) is 32.2 Å². The van der Waals surface area contributed by atoms with E-state index in [0.29, 0.717) is 17.7 Å². The molecule has 1 N–H and O–H groups in total. The van der Waals surface area contributed by atoms with E-state index in [0.717, 1.165) is 5.56 Å². The van der Waals surface area contributed by atoms with Gasteiger partial charge in [0.05, 0.1) is 0 Å². The first-order valence-electron chi connectivity index (χ1n) is 7.21. The number of halogens is 3. The van der Waals surface area contributed by atoms with E-state index < -0.39 is 12.4 Å². The van der Waals surface area contributed by atoms with E-state index in [2.05, 4.69) is 5.32 Å². The lowest BCUT2D eigenvalue weighted by atomic mass is 9.98. The Balaban J connectivity index is 1.70. The monoisotopic (exact) mass is 316 g/mol. The van der Waals surface area contributed by atoms with Gasteiger partial charge in [0.1, 0.15) is 6.61 Å². The van der Waals surface area contributed by atoms with E-state index in [1.807, 2.05) is 30.3 Å². The third kappa shape index (κ3) is 5.22. The van der Waals surface area contributed by atoms with Crippen LogP contribution in [0, 0.1) is 5.92 Å². The van der Waals surface area contributed by atoms with Gasteiger partial charge in [0.2, 0.25) is 0 Å². The highest BCUT2D eigenvalue weighted by Crippen LogP contribution is 2.27. The molecule has 2 rings (SSSR count). The van der Waals surface area contributed by atoms with Crippen LogP contribution in [0.1, 0.15) is 18.4 Å². The Kier molecular flexibility index (Phi) is 5.65. The molecule has 0 aromatic heterocycles. The summed E-state index contributed by atoms with van der Waals surface area (Å²) < 4.78 is 42.9. The number of carbonyl (C=O) groups excluding carboxylic acids is 1. The molecule has 122 valence electrons. The average Bonchev–Trinajstić information content (AvgIpc) is 2.51. The molecular weight excluding hydrogens is 297 g/mol. The van der Waals surface area contributed by atoms with Gasteiger partial charge in [0.25, 0.3) is 0 Å². The largest absolute Gasteiger partial charge is 0.459 e. The lowest BCUT2D eigenvalue weighted by molar-refractivity contribution is -0.253. The molecular formula is C15H19F3N2O2. The van der Waals surface area contributed by atoms with Gasteiger partial charge in [-0.25, -0.2) is 9.69 Å². The summed E-state index contributed by atoms with van der Waals surface area (Å²) in [6.07, 6.45) is -3.75.